The Labute approximate surface area is 221 Å². The van der Waals surface area contributed by atoms with E-state index in [1.807, 2.05) is 0 Å². The van der Waals surface area contributed by atoms with Crippen LogP contribution in [0, 0.1) is 0 Å². The Morgan fingerprint density at radius 3 is 2.18 bits per heavy atom. The fraction of sp³-hybridized carbons (Fsp3) is 0.292. The molecule has 2 aromatic heterocycles. The molecule has 0 aliphatic carbocycles. The number of nitrogens with zero attached hydrogens (tertiary/aromatic N) is 3. The minimum Gasteiger partial charge on any atom is -0.497 e. The Morgan fingerprint density at radius 2 is 1.62 bits per heavy atom. The van der Waals surface area contributed by atoms with Crippen molar-refractivity contribution in [2.45, 2.75) is 24.7 Å². The van der Waals surface area contributed by atoms with Crippen molar-refractivity contribution in [3.05, 3.63) is 65.2 Å². The summed E-state index contributed by atoms with van der Waals surface area (Å²) in [6.45, 7) is -0.551. The molecule has 206 valence electrons. The molecular formula is C24H24F2N5O7P. The van der Waals surface area contributed by atoms with Crippen LogP contribution in [0.1, 0.15) is 12.6 Å². The minimum atomic E-state index is -3.28. The SMILES string of the molecule is COc1ccc(OP(OCC2OC(n3cnc4c(=O)[nH]c(N)nc43)CC2(F)F)Oc2ccc(OC)cc2)cc1. The lowest BCUT2D eigenvalue weighted by molar-refractivity contribution is -0.0976. The second-order valence-corrected chi connectivity index (χ2v) is 9.44. The highest BCUT2D eigenvalue weighted by atomic mass is 31.2. The Hall–Kier alpha value is -4.00. The number of nitrogens with one attached hydrogen (secondary N) is 1. The summed E-state index contributed by atoms with van der Waals surface area (Å²) >= 11 is 0. The number of methoxy groups -OCH3 is 2. The van der Waals surface area contributed by atoms with E-state index in [1.54, 1.807) is 48.5 Å². The van der Waals surface area contributed by atoms with E-state index in [-0.39, 0.29) is 17.1 Å². The highest BCUT2D eigenvalue weighted by molar-refractivity contribution is 7.42. The predicted octanol–water partition coefficient (Wildman–Crippen LogP) is 4.04. The van der Waals surface area contributed by atoms with Crippen molar-refractivity contribution in [1.29, 1.82) is 0 Å². The average molecular weight is 563 g/mol. The maximum absolute atomic E-state index is 15.0. The van der Waals surface area contributed by atoms with E-state index < -0.39 is 45.4 Å². The maximum atomic E-state index is 15.0. The first-order valence-electron chi connectivity index (χ1n) is 11.6. The van der Waals surface area contributed by atoms with Gasteiger partial charge >= 0.3 is 8.60 Å². The van der Waals surface area contributed by atoms with Crippen molar-refractivity contribution in [1.82, 2.24) is 19.5 Å². The van der Waals surface area contributed by atoms with Crippen LogP contribution in [-0.2, 0) is 9.26 Å². The predicted molar refractivity (Wildman–Crippen MR) is 136 cm³/mol. The van der Waals surface area contributed by atoms with Gasteiger partial charge in [0.05, 0.1) is 33.6 Å². The first-order valence-corrected chi connectivity index (χ1v) is 12.7. The summed E-state index contributed by atoms with van der Waals surface area (Å²) in [6, 6.07) is 13.2. The number of alkyl halides is 2. The van der Waals surface area contributed by atoms with E-state index in [1.165, 1.54) is 25.1 Å². The number of fused-ring (bicyclic) bond motifs is 1. The second kappa shape index (κ2) is 11.0. The molecule has 2 aromatic carbocycles. The quantitative estimate of drug-likeness (QED) is 0.271. The molecule has 4 aromatic rings. The number of hydrogen-bond donors (Lipinski definition) is 2. The van der Waals surface area contributed by atoms with Crippen molar-refractivity contribution < 1.29 is 36.6 Å². The van der Waals surface area contributed by atoms with E-state index in [0.717, 1.165) is 0 Å². The lowest BCUT2D eigenvalue weighted by atomic mass is 10.2. The van der Waals surface area contributed by atoms with Gasteiger partial charge in [0.15, 0.2) is 11.2 Å². The first-order chi connectivity index (χ1) is 18.8. The first kappa shape index (κ1) is 26.6. The third kappa shape index (κ3) is 5.87. The number of H-pyrrole nitrogens is 1. The molecular weight excluding hydrogens is 539 g/mol. The van der Waals surface area contributed by atoms with Gasteiger partial charge in [-0.25, -0.2) is 13.8 Å². The number of halogens is 2. The molecule has 0 bridgehead atoms. The molecule has 15 heteroatoms. The van der Waals surface area contributed by atoms with E-state index in [2.05, 4.69) is 15.0 Å². The van der Waals surface area contributed by atoms with Gasteiger partial charge in [0.25, 0.3) is 11.5 Å². The lowest BCUT2D eigenvalue weighted by Gasteiger charge is -2.22. The van der Waals surface area contributed by atoms with Gasteiger partial charge in [-0.15, -0.1) is 0 Å². The van der Waals surface area contributed by atoms with E-state index in [4.69, 9.17) is 33.5 Å². The number of nitrogens with two attached hydrogens (primary N) is 1. The third-order valence-electron chi connectivity index (χ3n) is 5.81. The van der Waals surface area contributed by atoms with E-state index in [0.29, 0.717) is 23.0 Å². The highest BCUT2D eigenvalue weighted by Crippen LogP contribution is 2.46. The number of aromatic nitrogens is 4. The molecule has 2 unspecified atom stereocenters. The van der Waals surface area contributed by atoms with Crippen LogP contribution in [0.5, 0.6) is 23.0 Å². The number of hydrogen-bond acceptors (Lipinski definition) is 10. The van der Waals surface area contributed by atoms with Crippen molar-refractivity contribution in [3.63, 3.8) is 0 Å². The van der Waals surface area contributed by atoms with Crippen LogP contribution in [0.15, 0.2) is 59.7 Å². The summed E-state index contributed by atoms with van der Waals surface area (Å²) in [5, 5.41) is 0. The molecule has 1 fully saturated rings. The van der Waals surface area contributed by atoms with Gasteiger partial charge in [0.1, 0.15) is 35.3 Å². The Morgan fingerprint density at radius 1 is 1.05 bits per heavy atom. The largest absolute Gasteiger partial charge is 0.497 e. The van der Waals surface area contributed by atoms with Crippen molar-refractivity contribution in [2.75, 3.05) is 26.6 Å². The van der Waals surface area contributed by atoms with Crippen molar-refractivity contribution in [3.8, 4) is 23.0 Å². The van der Waals surface area contributed by atoms with E-state index in [9.17, 15) is 4.79 Å². The normalized spacial score (nSPS) is 18.4. The molecule has 3 heterocycles. The monoisotopic (exact) mass is 563 g/mol. The Bertz CT molecular complexity index is 1430. The van der Waals surface area contributed by atoms with Gasteiger partial charge in [-0.3, -0.25) is 18.9 Å². The summed E-state index contributed by atoms with van der Waals surface area (Å²) in [7, 11) is 0.879. The van der Waals surface area contributed by atoms with Gasteiger partial charge < -0.3 is 29.0 Å². The van der Waals surface area contributed by atoms with Crippen LogP contribution in [0.4, 0.5) is 14.7 Å². The molecule has 12 nitrogen and oxygen atoms in total. The van der Waals surface area contributed by atoms with Crippen molar-refractivity contribution >= 4 is 25.7 Å². The zero-order chi connectivity index (χ0) is 27.6. The summed E-state index contributed by atoms with van der Waals surface area (Å²) < 4.78 is 64.6. The van der Waals surface area contributed by atoms with Crippen LogP contribution >= 0.6 is 8.60 Å². The number of rotatable bonds is 10. The zero-order valence-corrected chi connectivity index (χ0v) is 21.6. The molecule has 0 saturated carbocycles. The number of aromatic amines is 1. The Balaban J connectivity index is 1.32. The smallest absolute Gasteiger partial charge is 0.463 e. The van der Waals surface area contributed by atoms with Gasteiger partial charge in [0, 0.05) is 0 Å². The molecule has 39 heavy (non-hydrogen) atoms. The molecule has 1 aliphatic rings. The molecule has 0 amide bonds. The molecule has 1 saturated heterocycles. The van der Waals surface area contributed by atoms with Gasteiger partial charge in [-0.05, 0) is 48.5 Å². The number of anilines is 1. The Kier molecular flexibility index (Phi) is 7.51. The lowest BCUT2D eigenvalue weighted by Crippen LogP contribution is -2.32. The third-order valence-corrected chi connectivity index (χ3v) is 6.89. The standard InChI is InChI=1S/C24H24F2N5O7P/c1-33-14-3-7-16(8-4-14)37-39(38-17-9-5-15(34-2)6-10-17)35-12-18-24(25,26)11-19(36-18)31-13-28-20-21(31)29-23(27)30-22(20)32/h3-10,13,18-19H,11-12H2,1-2H3,(H3,27,29,30,32). The minimum absolute atomic E-state index is 0.0338. The van der Waals surface area contributed by atoms with Gasteiger partial charge in [-0.2, -0.15) is 4.98 Å². The van der Waals surface area contributed by atoms with Gasteiger partial charge in [0.2, 0.25) is 5.95 Å². The van der Waals surface area contributed by atoms with Crippen LogP contribution in [-0.4, -0.2) is 52.4 Å². The van der Waals surface area contributed by atoms with Crippen LogP contribution in [0.2, 0.25) is 0 Å². The topological polar surface area (TPSA) is 145 Å². The fourth-order valence-corrected chi connectivity index (χ4v) is 4.81. The number of benzene rings is 2. The van der Waals surface area contributed by atoms with Crippen LogP contribution in [0.25, 0.3) is 11.2 Å². The van der Waals surface area contributed by atoms with Crippen LogP contribution < -0.4 is 29.8 Å². The number of nitrogen functional groups attached to an aromatic ring is 1. The molecule has 0 radical (unpaired) electrons. The highest BCUT2D eigenvalue weighted by Gasteiger charge is 2.52. The molecule has 5 rings (SSSR count). The summed E-state index contributed by atoms with van der Waals surface area (Å²) in [4.78, 5) is 22.4. The average Bonchev–Trinajstić information content (AvgIpc) is 3.48. The van der Waals surface area contributed by atoms with E-state index >= 15 is 8.78 Å². The molecule has 1 aliphatic heterocycles. The number of ether oxygens (including phenoxy) is 3. The molecule has 3 N–H and O–H groups in total. The van der Waals surface area contributed by atoms with Crippen molar-refractivity contribution in [2.24, 2.45) is 0 Å². The summed E-state index contributed by atoms with van der Waals surface area (Å²) in [6.07, 6.45) is -2.30. The fourth-order valence-electron chi connectivity index (χ4n) is 3.83. The van der Waals surface area contributed by atoms with Gasteiger partial charge in [-0.1, -0.05) is 0 Å². The second-order valence-electron chi connectivity index (χ2n) is 8.37. The molecule has 2 atom stereocenters. The zero-order valence-electron chi connectivity index (χ0n) is 20.7. The summed E-state index contributed by atoms with van der Waals surface area (Å²) in [5.74, 6) is -1.47. The van der Waals surface area contributed by atoms with Crippen LogP contribution in [0.3, 0.4) is 0 Å². The molecule has 0 spiro atoms. The number of imidazole rings is 1. The summed E-state index contributed by atoms with van der Waals surface area (Å²) in [5.41, 5.74) is 5.02. The maximum Gasteiger partial charge on any atom is 0.463 e.